The SMILES string of the molecule is [CH](Cc1ccc(OCc2ccccc2)cc1)c1ccc(OCc2ccccc2)cc1. The van der Waals surface area contributed by atoms with E-state index in [1.54, 1.807) is 0 Å². The van der Waals surface area contributed by atoms with Gasteiger partial charge in [-0.05, 0) is 59.4 Å². The molecule has 1 radical (unpaired) electrons. The summed E-state index contributed by atoms with van der Waals surface area (Å²) < 4.78 is 11.7. The zero-order chi connectivity index (χ0) is 20.4. The molecule has 2 nitrogen and oxygen atoms in total. The van der Waals surface area contributed by atoms with Crippen LogP contribution >= 0.6 is 0 Å². The van der Waals surface area contributed by atoms with E-state index in [1.807, 2.05) is 60.7 Å². The second kappa shape index (κ2) is 10.3. The van der Waals surface area contributed by atoms with Gasteiger partial charge in [-0.25, -0.2) is 0 Å². The number of benzene rings is 4. The highest BCUT2D eigenvalue weighted by Crippen LogP contribution is 2.19. The maximum Gasteiger partial charge on any atom is 0.119 e. The maximum absolute atomic E-state index is 5.85. The molecule has 0 aliphatic carbocycles. The van der Waals surface area contributed by atoms with E-state index in [1.165, 1.54) is 22.3 Å². The minimum absolute atomic E-state index is 0.586. The average Bonchev–Trinajstić information content (AvgIpc) is 2.83. The maximum atomic E-state index is 5.85. The first-order valence-corrected chi connectivity index (χ1v) is 10.2. The largest absolute Gasteiger partial charge is 0.489 e. The molecule has 0 atom stereocenters. The molecule has 4 aromatic rings. The normalized spacial score (nSPS) is 10.5. The van der Waals surface area contributed by atoms with Crippen molar-refractivity contribution in [3.63, 3.8) is 0 Å². The second-order valence-electron chi connectivity index (χ2n) is 7.17. The smallest absolute Gasteiger partial charge is 0.119 e. The van der Waals surface area contributed by atoms with E-state index in [9.17, 15) is 0 Å². The lowest BCUT2D eigenvalue weighted by Crippen LogP contribution is -1.96. The molecule has 0 saturated carbocycles. The summed E-state index contributed by atoms with van der Waals surface area (Å²) in [6, 6.07) is 37.0. The zero-order valence-corrected chi connectivity index (χ0v) is 16.9. The van der Waals surface area contributed by atoms with Crippen molar-refractivity contribution in [2.45, 2.75) is 19.6 Å². The van der Waals surface area contributed by atoms with E-state index < -0.39 is 0 Å². The summed E-state index contributed by atoms with van der Waals surface area (Å²) in [5.41, 5.74) is 4.79. The molecule has 0 amide bonds. The highest BCUT2D eigenvalue weighted by Gasteiger charge is 2.01. The Balaban J connectivity index is 1.23. The van der Waals surface area contributed by atoms with Crippen LogP contribution in [0.15, 0.2) is 109 Å². The highest BCUT2D eigenvalue weighted by molar-refractivity contribution is 5.34. The van der Waals surface area contributed by atoms with Gasteiger partial charge in [0.1, 0.15) is 24.7 Å². The molecule has 0 heterocycles. The third-order valence-electron chi connectivity index (χ3n) is 4.87. The summed E-state index contributed by atoms with van der Waals surface area (Å²) in [7, 11) is 0. The summed E-state index contributed by atoms with van der Waals surface area (Å²) in [5, 5.41) is 0. The third-order valence-corrected chi connectivity index (χ3v) is 4.87. The number of hydrogen-bond acceptors (Lipinski definition) is 2. The van der Waals surface area contributed by atoms with Crippen molar-refractivity contribution >= 4 is 0 Å². The average molecular weight is 394 g/mol. The summed E-state index contributed by atoms with van der Waals surface area (Å²) in [6.45, 7) is 1.17. The van der Waals surface area contributed by atoms with Gasteiger partial charge < -0.3 is 9.47 Å². The topological polar surface area (TPSA) is 18.5 Å². The predicted molar refractivity (Wildman–Crippen MR) is 122 cm³/mol. The van der Waals surface area contributed by atoms with E-state index in [4.69, 9.17) is 9.47 Å². The van der Waals surface area contributed by atoms with Gasteiger partial charge in [0.15, 0.2) is 0 Å². The van der Waals surface area contributed by atoms with Gasteiger partial charge in [-0.1, -0.05) is 84.9 Å². The van der Waals surface area contributed by atoms with Gasteiger partial charge in [-0.3, -0.25) is 0 Å². The van der Waals surface area contributed by atoms with Crippen LogP contribution in [0.5, 0.6) is 11.5 Å². The van der Waals surface area contributed by atoms with Crippen LogP contribution in [0.25, 0.3) is 0 Å². The van der Waals surface area contributed by atoms with Crippen molar-refractivity contribution in [3.05, 3.63) is 138 Å². The van der Waals surface area contributed by atoms with Gasteiger partial charge in [0.25, 0.3) is 0 Å². The van der Waals surface area contributed by atoms with E-state index in [0.29, 0.717) is 13.2 Å². The minimum atomic E-state index is 0.586. The third kappa shape index (κ3) is 5.99. The highest BCUT2D eigenvalue weighted by atomic mass is 16.5. The molecule has 0 fully saturated rings. The first-order chi connectivity index (χ1) is 14.8. The molecule has 0 spiro atoms. The van der Waals surface area contributed by atoms with E-state index in [0.717, 1.165) is 17.9 Å². The Morgan fingerprint density at radius 2 is 0.933 bits per heavy atom. The Labute approximate surface area is 178 Å². The molecule has 0 aliphatic rings. The predicted octanol–water partition coefficient (Wildman–Crippen LogP) is 6.64. The Hall–Kier alpha value is -3.52. The number of ether oxygens (including phenoxy) is 2. The number of hydrogen-bond donors (Lipinski definition) is 0. The van der Waals surface area contributed by atoms with Gasteiger partial charge in [0, 0.05) is 0 Å². The van der Waals surface area contributed by atoms with Crippen molar-refractivity contribution in [2.75, 3.05) is 0 Å². The fourth-order valence-corrected chi connectivity index (χ4v) is 3.14. The Morgan fingerprint density at radius 3 is 1.43 bits per heavy atom. The molecule has 2 heteroatoms. The van der Waals surface area contributed by atoms with Gasteiger partial charge >= 0.3 is 0 Å². The van der Waals surface area contributed by atoms with E-state index >= 15 is 0 Å². The van der Waals surface area contributed by atoms with Crippen molar-refractivity contribution in [1.82, 2.24) is 0 Å². The molecule has 30 heavy (non-hydrogen) atoms. The molecular weight excluding hydrogens is 368 g/mol. The van der Waals surface area contributed by atoms with Crippen molar-refractivity contribution in [3.8, 4) is 11.5 Å². The second-order valence-corrected chi connectivity index (χ2v) is 7.17. The van der Waals surface area contributed by atoms with E-state index in [2.05, 4.69) is 55.0 Å². The van der Waals surface area contributed by atoms with Crippen LogP contribution in [0.1, 0.15) is 22.3 Å². The fourth-order valence-electron chi connectivity index (χ4n) is 3.14. The molecule has 4 aromatic carbocycles. The van der Waals surface area contributed by atoms with Gasteiger partial charge in [0.05, 0.1) is 0 Å². The Morgan fingerprint density at radius 1 is 0.467 bits per heavy atom. The quantitative estimate of drug-likeness (QED) is 0.317. The van der Waals surface area contributed by atoms with Crippen LogP contribution < -0.4 is 9.47 Å². The standard InChI is InChI=1S/C28H25O2/c1-3-7-25(8-4-1)21-29-27-17-13-23(14-18-27)11-12-24-15-19-28(20-16-24)30-22-26-9-5-2-6-10-26/h1-11,13-20H,12,21-22H2. The van der Waals surface area contributed by atoms with Crippen LogP contribution in [-0.4, -0.2) is 0 Å². The van der Waals surface area contributed by atoms with Crippen molar-refractivity contribution in [1.29, 1.82) is 0 Å². The molecule has 0 aliphatic heterocycles. The van der Waals surface area contributed by atoms with Crippen LogP contribution in [0, 0.1) is 6.42 Å². The molecule has 0 bridgehead atoms. The molecule has 0 aromatic heterocycles. The Kier molecular flexibility index (Phi) is 6.80. The summed E-state index contributed by atoms with van der Waals surface area (Å²) >= 11 is 0. The van der Waals surface area contributed by atoms with Crippen LogP contribution in [-0.2, 0) is 19.6 Å². The summed E-state index contributed by atoms with van der Waals surface area (Å²) in [6.07, 6.45) is 3.10. The Bertz CT molecular complexity index is 921. The van der Waals surface area contributed by atoms with Crippen LogP contribution in [0.4, 0.5) is 0 Å². The lowest BCUT2D eigenvalue weighted by Gasteiger charge is -2.09. The molecule has 149 valence electrons. The molecule has 0 saturated heterocycles. The van der Waals surface area contributed by atoms with Crippen molar-refractivity contribution in [2.24, 2.45) is 0 Å². The van der Waals surface area contributed by atoms with Crippen LogP contribution in [0.3, 0.4) is 0 Å². The molecule has 0 unspecified atom stereocenters. The minimum Gasteiger partial charge on any atom is -0.489 e. The van der Waals surface area contributed by atoms with Gasteiger partial charge in [-0.2, -0.15) is 0 Å². The molecular formula is C28H25O2. The van der Waals surface area contributed by atoms with Gasteiger partial charge in [-0.15, -0.1) is 0 Å². The van der Waals surface area contributed by atoms with Crippen molar-refractivity contribution < 1.29 is 9.47 Å². The lowest BCUT2D eigenvalue weighted by atomic mass is 10.0. The molecule has 4 rings (SSSR count). The van der Waals surface area contributed by atoms with E-state index in [-0.39, 0.29) is 0 Å². The first-order valence-electron chi connectivity index (χ1n) is 10.2. The fraction of sp³-hybridized carbons (Fsp3) is 0.107. The zero-order valence-electron chi connectivity index (χ0n) is 16.9. The monoisotopic (exact) mass is 393 g/mol. The first kappa shape index (κ1) is 19.8. The summed E-state index contributed by atoms with van der Waals surface area (Å²) in [4.78, 5) is 0. The summed E-state index contributed by atoms with van der Waals surface area (Å²) in [5.74, 6) is 1.78. The number of rotatable bonds is 9. The molecule has 0 N–H and O–H groups in total. The lowest BCUT2D eigenvalue weighted by molar-refractivity contribution is 0.306. The van der Waals surface area contributed by atoms with Crippen LogP contribution in [0.2, 0.25) is 0 Å². The van der Waals surface area contributed by atoms with Gasteiger partial charge in [0.2, 0.25) is 0 Å².